The fourth-order valence-electron chi connectivity index (χ4n) is 2.37. The lowest BCUT2D eigenvalue weighted by molar-refractivity contribution is -0.157. The molecule has 1 aromatic heterocycles. The van der Waals surface area contributed by atoms with Crippen molar-refractivity contribution < 1.29 is 14.7 Å². The molecule has 0 saturated heterocycles. The maximum atomic E-state index is 12.0. The molecule has 2 N–H and O–H groups in total. The van der Waals surface area contributed by atoms with E-state index in [4.69, 9.17) is 0 Å². The van der Waals surface area contributed by atoms with Gasteiger partial charge in [-0.05, 0) is 19.3 Å². The summed E-state index contributed by atoms with van der Waals surface area (Å²) in [6.45, 7) is 1.97. The molecule has 0 aliphatic heterocycles. The first kappa shape index (κ1) is 14.0. The molecule has 1 unspecified atom stereocenters. The van der Waals surface area contributed by atoms with Gasteiger partial charge >= 0.3 is 5.97 Å². The van der Waals surface area contributed by atoms with Gasteiger partial charge in [-0.3, -0.25) is 9.59 Å². The van der Waals surface area contributed by atoms with Crippen molar-refractivity contribution in [3.05, 3.63) is 16.6 Å². The highest BCUT2D eigenvalue weighted by atomic mass is 32.1. The highest BCUT2D eigenvalue weighted by Gasteiger charge is 2.46. The lowest BCUT2D eigenvalue weighted by Crippen LogP contribution is -2.43. The van der Waals surface area contributed by atoms with Crippen LogP contribution in [-0.4, -0.2) is 22.0 Å². The second kappa shape index (κ2) is 5.69. The number of nitrogens with zero attached hydrogens (tertiary/aromatic N) is 1. The average Bonchev–Trinajstić information content (AvgIpc) is 2.83. The molecule has 1 amide bonds. The van der Waals surface area contributed by atoms with Crippen molar-refractivity contribution in [2.75, 3.05) is 0 Å². The fourth-order valence-corrected chi connectivity index (χ4v) is 3.14. The second-order valence-corrected chi connectivity index (χ2v) is 5.94. The highest BCUT2D eigenvalue weighted by Crippen LogP contribution is 2.44. The van der Waals surface area contributed by atoms with Crippen molar-refractivity contribution in [3.8, 4) is 0 Å². The first-order chi connectivity index (χ1) is 9.07. The van der Waals surface area contributed by atoms with Crippen LogP contribution in [0.3, 0.4) is 0 Å². The normalized spacial score (nSPS) is 18.4. The van der Waals surface area contributed by atoms with Crippen molar-refractivity contribution in [2.45, 2.75) is 45.1 Å². The smallest absolute Gasteiger partial charge is 0.310 e. The Hall–Kier alpha value is -1.43. The molecule has 0 aromatic carbocycles. The summed E-state index contributed by atoms with van der Waals surface area (Å²) in [5.41, 5.74) is -0.828. The number of hydrogen-bond donors (Lipinski definition) is 2. The molecule has 6 heteroatoms. The number of carbonyl (C=O) groups is 2. The summed E-state index contributed by atoms with van der Waals surface area (Å²) in [5, 5.41) is 14.9. The summed E-state index contributed by atoms with van der Waals surface area (Å²) in [4.78, 5) is 27.4. The number of hydrogen-bond acceptors (Lipinski definition) is 4. The van der Waals surface area contributed by atoms with Crippen molar-refractivity contribution in [1.29, 1.82) is 0 Å². The molecule has 2 rings (SSSR count). The van der Waals surface area contributed by atoms with Crippen molar-refractivity contribution >= 4 is 23.2 Å². The fraction of sp³-hybridized carbons (Fsp3) is 0.615. The van der Waals surface area contributed by atoms with Gasteiger partial charge in [0.25, 0.3) is 0 Å². The van der Waals surface area contributed by atoms with Crippen LogP contribution in [-0.2, 0) is 9.59 Å². The first-order valence-electron chi connectivity index (χ1n) is 6.49. The second-order valence-electron chi connectivity index (χ2n) is 5.01. The van der Waals surface area contributed by atoms with Crippen molar-refractivity contribution in [3.63, 3.8) is 0 Å². The minimum atomic E-state index is -0.851. The van der Waals surface area contributed by atoms with Crippen LogP contribution < -0.4 is 5.32 Å². The Bertz CT molecular complexity index is 454. The molecule has 0 radical (unpaired) electrons. The van der Waals surface area contributed by atoms with Gasteiger partial charge in [-0.15, -0.1) is 11.3 Å². The topological polar surface area (TPSA) is 79.3 Å². The minimum absolute atomic E-state index is 0.0736. The van der Waals surface area contributed by atoms with E-state index in [-0.39, 0.29) is 18.4 Å². The molecule has 0 bridgehead atoms. The summed E-state index contributed by atoms with van der Waals surface area (Å²) in [6.07, 6.45) is 4.62. The van der Waals surface area contributed by atoms with E-state index in [0.717, 1.165) is 17.8 Å². The van der Waals surface area contributed by atoms with E-state index in [1.807, 2.05) is 12.3 Å². The zero-order valence-corrected chi connectivity index (χ0v) is 11.7. The Morgan fingerprint density at radius 2 is 2.32 bits per heavy atom. The number of thiazole rings is 1. The molecular formula is C13H18N2O3S. The van der Waals surface area contributed by atoms with Gasteiger partial charge in [0.2, 0.25) is 5.91 Å². The third kappa shape index (κ3) is 2.94. The van der Waals surface area contributed by atoms with E-state index in [0.29, 0.717) is 12.8 Å². The van der Waals surface area contributed by atoms with Crippen LogP contribution in [0.5, 0.6) is 0 Å². The molecule has 1 heterocycles. The number of carboxylic acids is 1. The van der Waals surface area contributed by atoms with Gasteiger partial charge in [0.05, 0.1) is 11.5 Å². The molecule has 1 aliphatic rings. The molecule has 1 atom stereocenters. The predicted octanol–water partition coefficient (Wildman–Crippen LogP) is 2.36. The van der Waals surface area contributed by atoms with Gasteiger partial charge < -0.3 is 10.4 Å². The standard InChI is InChI=1S/C13H18N2O3S/c1-2-9(11-14-6-7-19-11)15-10(16)8-13(12(17)18)4-3-5-13/h6-7,9H,2-5,8H2,1H3,(H,15,16)(H,17,18). The highest BCUT2D eigenvalue weighted by molar-refractivity contribution is 7.09. The summed E-state index contributed by atoms with van der Waals surface area (Å²) in [7, 11) is 0. The molecule has 5 nitrogen and oxygen atoms in total. The average molecular weight is 282 g/mol. The van der Waals surface area contributed by atoms with Crippen LogP contribution in [0, 0.1) is 5.41 Å². The van der Waals surface area contributed by atoms with E-state index in [9.17, 15) is 14.7 Å². The number of aromatic nitrogens is 1. The number of carboxylic acid groups (broad SMARTS) is 1. The maximum Gasteiger partial charge on any atom is 0.310 e. The van der Waals surface area contributed by atoms with Crippen molar-refractivity contribution in [2.24, 2.45) is 5.41 Å². The van der Waals surface area contributed by atoms with Gasteiger partial charge in [-0.2, -0.15) is 0 Å². The van der Waals surface area contributed by atoms with E-state index >= 15 is 0 Å². The Morgan fingerprint density at radius 3 is 2.74 bits per heavy atom. The molecule has 19 heavy (non-hydrogen) atoms. The minimum Gasteiger partial charge on any atom is -0.481 e. The zero-order valence-electron chi connectivity index (χ0n) is 10.9. The number of amides is 1. The van der Waals surface area contributed by atoms with Gasteiger partial charge in [0, 0.05) is 18.0 Å². The Morgan fingerprint density at radius 1 is 1.58 bits per heavy atom. The summed E-state index contributed by atoms with van der Waals surface area (Å²) >= 11 is 1.50. The molecular weight excluding hydrogens is 264 g/mol. The predicted molar refractivity (Wildman–Crippen MR) is 71.8 cm³/mol. The number of aliphatic carboxylic acids is 1. The van der Waals surface area contributed by atoms with Crippen LogP contribution in [0.25, 0.3) is 0 Å². The summed E-state index contributed by atoms with van der Waals surface area (Å²) < 4.78 is 0. The number of carbonyl (C=O) groups excluding carboxylic acids is 1. The largest absolute Gasteiger partial charge is 0.481 e. The monoisotopic (exact) mass is 282 g/mol. The maximum absolute atomic E-state index is 12.0. The number of rotatable bonds is 6. The third-order valence-electron chi connectivity index (χ3n) is 3.76. The summed E-state index contributed by atoms with van der Waals surface area (Å²) in [5.74, 6) is -1.04. The molecule has 104 valence electrons. The SMILES string of the molecule is CCC(NC(=O)CC1(C(=O)O)CCC1)c1nccs1. The Balaban J connectivity index is 1.95. The lowest BCUT2D eigenvalue weighted by Gasteiger charge is -2.37. The van der Waals surface area contributed by atoms with Crippen LogP contribution in [0.15, 0.2) is 11.6 Å². The quantitative estimate of drug-likeness (QED) is 0.839. The molecule has 1 aliphatic carbocycles. The van der Waals surface area contributed by atoms with Gasteiger partial charge in [-0.1, -0.05) is 13.3 Å². The van der Waals surface area contributed by atoms with Gasteiger partial charge in [0.15, 0.2) is 0 Å². The van der Waals surface area contributed by atoms with Crippen molar-refractivity contribution in [1.82, 2.24) is 10.3 Å². The van der Waals surface area contributed by atoms with Gasteiger partial charge in [-0.25, -0.2) is 4.98 Å². The third-order valence-corrected chi connectivity index (χ3v) is 4.65. The van der Waals surface area contributed by atoms with E-state index < -0.39 is 11.4 Å². The van der Waals surface area contributed by atoms with Crippen LogP contribution in [0.4, 0.5) is 0 Å². The lowest BCUT2D eigenvalue weighted by atomic mass is 9.66. The summed E-state index contributed by atoms with van der Waals surface area (Å²) in [6, 6.07) is -0.113. The van der Waals surface area contributed by atoms with Crippen LogP contribution >= 0.6 is 11.3 Å². The van der Waals surface area contributed by atoms with Gasteiger partial charge in [0.1, 0.15) is 5.01 Å². The number of nitrogens with one attached hydrogen (secondary N) is 1. The molecule has 1 aromatic rings. The van der Waals surface area contributed by atoms with Crippen LogP contribution in [0.1, 0.15) is 50.1 Å². The molecule has 1 saturated carbocycles. The molecule has 1 fully saturated rings. The first-order valence-corrected chi connectivity index (χ1v) is 7.37. The van der Waals surface area contributed by atoms with E-state index in [1.165, 1.54) is 11.3 Å². The van der Waals surface area contributed by atoms with Crippen LogP contribution in [0.2, 0.25) is 0 Å². The Labute approximate surface area is 116 Å². The van der Waals surface area contributed by atoms with E-state index in [1.54, 1.807) is 6.20 Å². The molecule has 0 spiro atoms. The Kier molecular flexibility index (Phi) is 4.19. The van der Waals surface area contributed by atoms with E-state index in [2.05, 4.69) is 10.3 Å². The zero-order chi connectivity index (χ0) is 13.9.